The lowest BCUT2D eigenvalue weighted by Gasteiger charge is -2.17. The van der Waals surface area contributed by atoms with Gasteiger partial charge in [-0.05, 0) is 23.6 Å². The summed E-state index contributed by atoms with van der Waals surface area (Å²) < 4.78 is 18.7. The highest BCUT2D eigenvalue weighted by atomic mass is 32.1. The first-order valence-corrected chi connectivity index (χ1v) is 8.93. The number of imide groups is 1. The molecule has 0 bridgehead atoms. The van der Waals surface area contributed by atoms with Gasteiger partial charge in [0.15, 0.2) is 6.61 Å². The summed E-state index contributed by atoms with van der Waals surface area (Å²) in [6.07, 6.45) is -0.136. The number of carbonyl (C=O) groups excluding carboxylic acids is 4. The van der Waals surface area contributed by atoms with Gasteiger partial charge in [0.1, 0.15) is 5.82 Å². The van der Waals surface area contributed by atoms with Crippen LogP contribution in [0.5, 0.6) is 0 Å². The van der Waals surface area contributed by atoms with E-state index in [1.54, 1.807) is 23.6 Å². The summed E-state index contributed by atoms with van der Waals surface area (Å²) in [6.45, 7) is -0.672. The highest BCUT2D eigenvalue weighted by molar-refractivity contribution is 7.12. The van der Waals surface area contributed by atoms with Crippen molar-refractivity contribution in [2.24, 2.45) is 5.92 Å². The van der Waals surface area contributed by atoms with E-state index in [2.05, 4.69) is 5.32 Å². The first-order chi connectivity index (χ1) is 13.0. The van der Waals surface area contributed by atoms with E-state index >= 15 is 0 Å². The average molecular weight is 390 g/mol. The quantitative estimate of drug-likeness (QED) is 0.785. The number of ether oxygens (including phenoxy) is 1. The summed E-state index contributed by atoms with van der Waals surface area (Å²) >= 11 is 1.17. The number of esters is 1. The summed E-state index contributed by atoms with van der Waals surface area (Å²) in [5, 5.41) is 3.80. The third-order valence-electron chi connectivity index (χ3n) is 3.95. The van der Waals surface area contributed by atoms with Gasteiger partial charge in [-0.3, -0.25) is 24.5 Å². The summed E-state index contributed by atoms with van der Waals surface area (Å²) in [5.74, 6) is -3.87. The Hall–Kier alpha value is -3.07. The summed E-state index contributed by atoms with van der Waals surface area (Å²) in [4.78, 5) is 49.2. The van der Waals surface area contributed by atoms with Crippen molar-refractivity contribution in [3.05, 3.63) is 52.5 Å². The van der Waals surface area contributed by atoms with Gasteiger partial charge in [-0.2, -0.15) is 0 Å². The second kappa shape index (κ2) is 8.09. The maximum absolute atomic E-state index is 13.8. The van der Waals surface area contributed by atoms with Crippen molar-refractivity contribution in [3.63, 3.8) is 0 Å². The zero-order chi connectivity index (χ0) is 19.4. The highest BCUT2D eigenvalue weighted by Crippen LogP contribution is 2.27. The Labute approximate surface area is 157 Å². The Kier molecular flexibility index (Phi) is 5.60. The number of halogens is 1. The molecule has 27 heavy (non-hydrogen) atoms. The highest BCUT2D eigenvalue weighted by Gasteiger charge is 2.37. The van der Waals surface area contributed by atoms with Crippen molar-refractivity contribution < 1.29 is 28.3 Å². The zero-order valence-electron chi connectivity index (χ0n) is 14.0. The number of nitrogens with one attached hydrogen (secondary N) is 1. The molecule has 1 fully saturated rings. The van der Waals surface area contributed by atoms with Gasteiger partial charge in [0.2, 0.25) is 5.91 Å². The van der Waals surface area contributed by atoms with Crippen LogP contribution in [-0.2, 0) is 19.1 Å². The minimum atomic E-state index is -0.807. The molecule has 0 saturated carbocycles. The zero-order valence-corrected chi connectivity index (χ0v) is 14.8. The smallest absolute Gasteiger partial charge is 0.311 e. The lowest BCUT2D eigenvalue weighted by molar-refractivity contribution is -0.152. The van der Waals surface area contributed by atoms with Crippen LogP contribution in [0.15, 0.2) is 41.8 Å². The van der Waals surface area contributed by atoms with Crippen molar-refractivity contribution in [2.75, 3.05) is 18.1 Å². The van der Waals surface area contributed by atoms with Crippen molar-refractivity contribution in [3.8, 4) is 0 Å². The predicted octanol–water partition coefficient (Wildman–Crippen LogP) is 1.74. The second-order valence-corrected chi connectivity index (χ2v) is 6.77. The fourth-order valence-corrected chi connectivity index (χ4v) is 3.27. The third-order valence-corrected chi connectivity index (χ3v) is 4.81. The van der Waals surface area contributed by atoms with E-state index in [0.717, 1.165) is 0 Å². The molecule has 0 radical (unpaired) electrons. The summed E-state index contributed by atoms with van der Waals surface area (Å²) in [6, 6.07) is 8.99. The van der Waals surface area contributed by atoms with Crippen LogP contribution in [0.2, 0.25) is 0 Å². The van der Waals surface area contributed by atoms with Crippen LogP contribution in [0.3, 0.4) is 0 Å². The van der Waals surface area contributed by atoms with Crippen LogP contribution in [0.1, 0.15) is 16.1 Å². The maximum Gasteiger partial charge on any atom is 0.311 e. The summed E-state index contributed by atoms with van der Waals surface area (Å²) in [7, 11) is 0. The molecule has 7 nitrogen and oxygen atoms in total. The van der Waals surface area contributed by atoms with E-state index in [-0.39, 0.29) is 18.7 Å². The molecule has 2 aromatic rings. The largest absolute Gasteiger partial charge is 0.455 e. The topological polar surface area (TPSA) is 92.8 Å². The number of rotatable bonds is 5. The number of para-hydroxylation sites is 1. The number of nitrogens with zero attached hydrogens (tertiary/aromatic N) is 1. The number of benzene rings is 1. The van der Waals surface area contributed by atoms with E-state index in [1.807, 2.05) is 0 Å². The third kappa shape index (κ3) is 4.37. The van der Waals surface area contributed by atoms with Gasteiger partial charge in [0.05, 0.1) is 16.5 Å². The van der Waals surface area contributed by atoms with E-state index in [1.165, 1.54) is 34.4 Å². The Bertz CT molecular complexity index is 884. The Morgan fingerprint density at radius 3 is 2.70 bits per heavy atom. The SMILES string of the molecule is O=C(COC(=O)[C@@H]1CC(=O)N(c2ccccc2F)C1)NC(=O)c1cccs1. The van der Waals surface area contributed by atoms with E-state index in [9.17, 15) is 23.6 Å². The van der Waals surface area contributed by atoms with Crippen LogP contribution in [0.25, 0.3) is 0 Å². The monoisotopic (exact) mass is 390 g/mol. The van der Waals surface area contributed by atoms with Crippen LogP contribution in [0.4, 0.5) is 10.1 Å². The molecule has 0 aliphatic carbocycles. The number of hydrogen-bond donors (Lipinski definition) is 1. The fraction of sp³-hybridized carbons (Fsp3) is 0.222. The molecule has 1 aromatic carbocycles. The molecule has 1 aliphatic rings. The molecular formula is C18H15FN2O5S. The molecule has 1 saturated heterocycles. The lowest BCUT2D eigenvalue weighted by Crippen LogP contribution is -2.35. The normalized spacial score (nSPS) is 16.3. The molecule has 1 N–H and O–H groups in total. The molecule has 9 heteroatoms. The van der Waals surface area contributed by atoms with Crippen LogP contribution < -0.4 is 10.2 Å². The first kappa shape index (κ1) is 18.7. The van der Waals surface area contributed by atoms with Crippen LogP contribution in [0, 0.1) is 11.7 Å². The Morgan fingerprint density at radius 2 is 2.00 bits per heavy atom. The molecule has 0 spiro atoms. The molecule has 0 unspecified atom stereocenters. The lowest BCUT2D eigenvalue weighted by atomic mass is 10.1. The van der Waals surface area contributed by atoms with E-state index in [4.69, 9.17) is 4.74 Å². The standard InChI is InChI=1S/C18H15FN2O5S/c19-12-4-1-2-5-13(12)21-9-11(8-16(21)23)18(25)26-10-15(22)20-17(24)14-6-3-7-27-14/h1-7,11H,8-10H2,(H,20,22,24)/t11-/m1/s1. The number of hydrogen-bond acceptors (Lipinski definition) is 6. The Morgan fingerprint density at radius 1 is 1.22 bits per heavy atom. The minimum absolute atomic E-state index is 0.0334. The van der Waals surface area contributed by atoms with Gasteiger partial charge < -0.3 is 9.64 Å². The van der Waals surface area contributed by atoms with Crippen molar-refractivity contribution in [2.45, 2.75) is 6.42 Å². The van der Waals surface area contributed by atoms with Gasteiger partial charge in [-0.15, -0.1) is 11.3 Å². The molecule has 1 atom stereocenters. The molecule has 3 rings (SSSR count). The number of thiophene rings is 1. The van der Waals surface area contributed by atoms with Crippen molar-refractivity contribution >= 4 is 40.7 Å². The van der Waals surface area contributed by atoms with E-state index in [0.29, 0.717) is 4.88 Å². The molecule has 1 aromatic heterocycles. The van der Waals surface area contributed by atoms with Gasteiger partial charge in [-0.25, -0.2) is 4.39 Å². The predicted molar refractivity (Wildman–Crippen MR) is 94.6 cm³/mol. The number of amides is 3. The van der Waals surface area contributed by atoms with E-state index < -0.39 is 42.0 Å². The molecule has 2 heterocycles. The molecule has 1 aliphatic heterocycles. The first-order valence-electron chi connectivity index (χ1n) is 8.05. The Balaban J connectivity index is 1.51. The maximum atomic E-state index is 13.8. The van der Waals surface area contributed by atoms with Crippen LogP contribution >= 0.6 is 11.3 Å². The molecule has 3 amide bonds. The second-order valence-electron chi connectivity index (χ2n) is 5.82. The molecule has 140 valence electrons. The number of anilines is 1. The van der Waals surface area contributed by atoms with Crippen LogP contribution in [-0.4, -0.2) is 36.8 Å². The average Bonchev–Trinajstić information content (AvgIpc) is 3.30. The van der Waals surface area contributed by atoms with Gasteiger partial charge in [-0.1, -0.05) is 18.2 Å². The van der Waals surface area contributed by atoms with Gasteiger partial charge in [0, 0.05) is 13.0 Å². The minimum Gasteiger partial charge on any atom is -0.455 e. The van der Waals surface area contributed by atoms with Crippen molar-refractivity contribution in [1.82, 2.24) is 5.32 Å². The van der Waals surface area contributed by atoms with Gasteiger partial charge in [0.25, 0.3) is 11.8 Å². The molecular weight excluding hydrogens is 375 g/mol. The number of carbonyl (C=O) groups is 4. The summed E-state index contributed by atoms with van der Waals surface area (Å²) in [5.41, 5.74) is 0.0945. The van der Waals surface area contributed by atoms with Crippen molar-refractivity contribution in [1.29, 1.82) is 0 Å². The fourth-order valence-electron chi connectivity index (χ4n) is 2.66. The van der Waals surface area contributed by atoms with Gasteiger partial charge >= 0.3 is 5.97 Å².